The van der Waals surface area contributed by atoms with Crippen molar-refractivity contribution >= 4 is 17.4 Å². The molecule has 0 bridgehead atoms. The lowest BCUT2D eigenvalue weighted by atomic mass is 9.92. The number of amides is 1. The molecule has 1 fully saturated rings. The van der Waals surface area contributed by atoms with Gasteiger partial charge in [-0.15, -0.1) is 0 Å². The van der Waals surface area contributed by atoms with Gasteiger partial charge in [-0.05, 0) is 56.1 Å². The first-order valence-corrected chi connectivity index (χ1v) is 9.26. The summed E-state index contributed by atoms with van der Waals surface area (Å²) < 4.78 is 13.6. The summed E-state index contributed by atoms with van der Waals surface area (Å²) in [6.07, 6.45) is 3.71. The monoisotopic (exact) mass is 369 g/mol. The number of carbonyl (C=O) groups excluding carboxylic acids is 2. The van der Waals surface area contributed by atoms with Crippen LogP contribution in [0, 0.1) is 18.7 Å². The molecule has 142 valence electrons. The lowest BCUT2D eigenvalue weighted by Gasteiger charge is -2.31. The molecule has 0 spiro atoms. The minimum Gasteiger partial charge on any atom is -0.326 e. The van der Waals surface area contributed by atoms with Crippen LogP contribution in [-0.4, -0.2) is 41.2 Å². The lowest BCUT2D eigenvalue weighted by Crippen LogP contribution is -2.40. The van der Waals surface area contributed by atoms with Crippen LogP contribution in [0.4, 0.5) is 10.1 Å². The number of aromatic nitrogens is 1. The zero-order chi connectivity index (χ0) is 19.2. The van der Waals surface area contributed by atoms with E-state index in [2.05, 4.69) is 15.2 Å². The summed E-state index contributed by atoms with van der Waals surface area (Å²) in [5.41, 5.74) is 1.51. The van der Waals surface area contributed by atoms with Gasteiger partial charge < -0.3 is 10.2 Å². The first kappa shape index (κ1) is 19.2. The molecule has 0 radical (unpaired) electrons. The summed E-state index contributed by atoms with van der Waals surface area (Å²) in [5, 5.41) is 2.73. The zero-order valence-electron chi connectivity index (χ0n) is 15.5. The van der Waals surface area contributed by atoms with E-state index in [1.54, 1.807) is 37.4 Å². The van der Waals surface area contributed by atoms with Crippen molar-refractivity contribution in [1.29, 1.82) is 0 Å². The Labute approximate surface area is 158 Å². The maximum absolute atomic E-state index is 13.6. The molecule has 1 N–H and O–H groups in total. The normalized spacial score (nSPS) is 17.5. The number of hydrogen-bond acceptors (Lipinski definition) is 4. The van der Waals surface area contributed by atoms with Crippen LogP contribution in [0.1, 0.15) is 35.3 Å². The van der Waals surface area contributed by atoms with Gasteiger partial charge in [0, 0.05) is 37.3 Å². The highest BCUT2D eigenvalue weighted by Crippen LogP contribution is 2.20. The molecule has 5 nitrogen and oxygen atoms in total. The molecule has 0 aliphatic carbocycles. The molecule has 1 saturated heterocycles. The third-order valence-electron chi connectivity index (χ3n) is 4.90. The standard InChI is InChI=1S/C21H24FN3O2/c1-15-7-8-17(13-18(15)22)24-20(26)9-12-25-11-4-5-16(14-25)21(27)19-6-2-3-10-23-19/h2-3,6-8,10,13,16H,4-5,9,11-12,14H2,1H3,(H,24,26). The Morgan fingerprint density at radius 2 is 2.15 bits per heavy atom. The molecule has 1 unspecified atom stereocenters. The quantitative estimate of drug-likeness (QED) is 0.792. The van der Waals surface area contributed by atoms with Gasteiger partial charge in [-0.2, -0.15) is 0 Å². The molecule has 1 amide bonds. The molecule has 2 heterocycles. The molecule has 2 aromatic rings. The van der Waals surface area contributed by atoms with Crippen molar-refractivity contribution in [3.8, 4) is 0 Å². The number of anilines is 1. The number of halogens is 1. The average molecular weight is 369 g/mol. The molecular weight excluding hydrogens is 345 g/mol. The van der Waals surface area contributed by atoms with Gasteiger partial charge in [0.1, 0.15) is 11.5 Å². The second-order valence-corrected chi connectivity index (χ2v) is 6.98. The van der Waals surface area contributed by atoms with Gasteiger partial charge in [0.15, 0.2) is 5.78 Å². The summed E-state index contributed by atoms with van der Waals surface area (Å²) in [5.74, 6) is -0.501. The van der Waals surface area contributed by atoms with Gasteiger partial charge >= 0.3 is 0 Å². The number of hydrogen-bond donors (Lipinski definition) is 1. The molecule has 27 heavy (non-hydrogen) atoms. The Kier molecular flexibility index (Phi) is 6.29. The predicted octanol–water partition coefficient (Wildman–Crippen LogP) is 3.45. The summed E-state index contributed by atoms with van der Waals surface area (Å²) in [7, 11) is 0. The van der Waals surface area contributed by atoms with Crippen LogP contribution in [-0.2, 0) is 4.79 Å². The Balaban J connectivity index is 1.49. The van der Waals surface area contributed by atoms with E-state index in [1.165, 1.54) is 6.07 Å². The van der Waals surface area contributed by atoms with Gasteiger partial charge in [0.05, 0.1) is 0 Å². The number of pyridine rings is 1. The molecule has 1 aliphatic rings. The van der Waals surface area contributed by atoms with E-state index in [4.69, 9.17) is 0 Å². The molecule has 0 saturated carbocycles. The second kappa shape index (κ2) is 8.86. The smallest absolute Gasteiger partial charge is 0.225 e. The number of carbonyl (C=O) groups is 2. The summed E-state index contributed by atoms with van der Waals surface area (Å²) in [6.45, 7) is 3.77. The van der Waals surface area contributed by atoms with Crippen LogP contribution in [0.25, 0.3) is 0 Å². The number of nitrogens with zero attached hydrogens (tertiary/aromatic N) is 2. The number of aryl methyl sites for hydroxylation is 1. The van der Waals surface area contributed by atoms with Gasteiger partial charge in [0.2, 0.25) is 5.91 Å². The number of likely N-dealkylation sites (tertiary alicyclic amines) is 1. The fourth-order valence-electron chi connectivity index (χ4n) is 3.34. The Hall–Kier alpha value is -2.60. The zero-order valence-corrected chi connectivity index (χ0v) is 15.5. The number of Topliss-reactive ketones (excluding diaryl/α,β-unsaturated/α-hetero) is 1. The summed E-state index contributed by atoms with van der Waals surface area (Å²) in [4.78, 5) is 31.0. The molecule has 1 aromatic heterocycles. The number of rotatable bonds is 6. The van der Waals surface area contributed by atoms with E-state index in [0.29, 0.717) is 36.5 Å². The lowest BCUT2D eigenvalue weighted by molar-refractivity contribution is -0.116. The van der Waals surface area contributed by atoms with Crippen LogP contribution >= 0.6 is 0 Å². The third-order valence-corrected chi connectivity index (χ3v) is 4.90. The topological polar surface area (TPSA) is 62.3 Å². The SMILES string of the molecule is Cc1ccc(NC(=O)CCN2CCCC(C(=O)c3ccccn3)C2)cc1F. The Morgan fingerprint density at radius 3 is 2.89 bits per heavy atom. The number of piperidine rings is 1. The summed E-state index contributed by atoms with van der Waals surface area (Å²) in [6, 6.07) is 10.0. The highest BCUT2D eigenvalue weighted by Gasteiger charge is 2.27. The van der Waals surface area contributed by atoms with E-state index in [-0.39, 0.29) is 23.4 Å². The van der Waals surface area contributed by atoms with Crippen molar-refractivity contribution in [1.82, 2.24) is 9.88 Å². The highest BCUT2D eigenvalue weighted by atomic mass is 19.1. The first-order valence-electron chi connectivity index (χ1n) is 9.26. The number of nitrogens with one attached hydrogen (secondary N) is 1. The minimum atomic E-state index is -0.334. The van der Waals surface area contributed by atoms with Crippen molar-refractivity contribution in [2.75, 3.05) is 25.0 Å². The van der Waals surface area contributed by atoms with Gasteiger partial charge in [-0.3, -0.25) is 14.6 Å². The second-order valence-electron chi connectivity index (χ2n) is 6.98. The molecule has 1 aromatic carbocycles. The fraction of sp³-hybridized carbons (Fsp3) is 0.381. The van der Waals surface area contributed by atoms with E-state index in [9.17, 15) is 14.0 Å². The molecule has 1 atom stereocenters. The number of benzene rings is 1. The molecule has 3 rings (SSSR count). The Morgan fingerprint density at radius 1 is 1.30 bits per heavy atom. The number of ketones is 1. The van der Waals surface area contributed by atoms with Crippen LogP contribution in [0.5, 0.6) is 0 Å². The van der Waals surface area contributed by atoms with E-state index >= 15 is 0 Å². The van der Waals surface area contributed by atoms with Crippen molar-refractivity contribution < 1.29 is 14.0 Å². The molecular formula is C21H24FN3O2. The van der Waals surface area contributed by atoms with Gasteiger partial charge in [-0.25, -0.2) is 4.39 Å². The van der Waals surface area contributed by atoms with Gasteiger partial charge in [0.25, 0.3) is 0 Å². The van der Waals surface area contributed by atoms with Crippen LogP contribution in [0.2, 0.25) is 0 Å². The predicted molar refractivity (Wildman–Crippen MR) is 102 cm³/mol. The van der Waals surface area contributed by atoms with Crippen molar-refractivity contribution in [2.45, 2.75) is 26.2 Å². The van der Waals surface area contributed by atoms with E-state index < -0.39 is 0 Å². The molecule has 6 heteroatoms. The molecule has 1 aliphatic heterocycles. The third kappa shape index (κ3) is 5.20. The Bertz CT molecular complexity index is 810. The largest absolute Gasteiger partial charge is 0.326 e. The van der Waals surface area contributed by atoms with Crippen LogP contribution in [0.15, 0.2) is 42.6 Å². The van der Waals surface area contributed by atoms with Crippen molar-refractivity contribution in [3.05, 3.63) is 59.7 Å². The van der Waals surface area contributed by atoms with E-state index in [0.717, 1.165) is 19.4 Å². The highest BCUT2D eigenvalue weighted by molar-refractivity contribution is 5.96. The van der Waals surface area contributed by atoms with E-state index in [1.807, 2.05) is 6.07 Å². The van der Waals surface area contributed by atoms with Crippen LogP contribution < -0.4 is 5.32 Å². The fourth-order valence-corrected chi connectivity index (χ4v) is 3.34. The van der Waals surface area contributed by atoms with Crippen molar-refractivity contribution in [2.24, 2.45) is 5.92 Å². The van der Waals surface area contributed by atoms with Crippen LogP contribution in [0.3, 0.4) is 0 Å². The summed E-state index contributed by atoms with van der Waals surface area (Å²) >= 11 is 0. The minimum absolute atomic E-state index is 0.0693. The van der Waals surface area contributed by atoms with Gasteiger partial charge in [-0.1, -0.05) is 12.1 Å². The van der Waals surface area contributed by atoms with Crippen molar-refractivity contribution in [3.63, 3.8) is 0 Å². The maximum atomic E-state index is 13.6. The first-order chi connectivity index (χ1) is 13.0. The average Bonchev–Trinajstić information content (AvgIpc) is 2.69. The maximum Gasteiger partial charge on any atom is 0.225 e.